The van der Waals surface area contributed by atoms with Crippen molar-refractivity contribution >= 4 is 18.1 Å². The maximum atomic E-state index is 13.9. The largest absolute Gasteiger partial charge is 0.465 e. The zero-order valence-electron chi connectivity index (χ0n) is 10.6. The minimum atomic E-state index is -0.397. The summed E-state index contributed by atoms with van der Waals surface area (Å²) in [6, 6.07) is 4.05. The molecule has 102 valence electrons. The Morgan fingerprint density at radius 1 is 1.58 bits per heavy atom. The van der Waals surface area contributed by atoms with Gasteiger partial charge in [-0.3, -0.25) is 4.79 Å². The van der Waals surface area contributed by atoms with Crippen molar-refractivity contribution in [2.24, 2.45) is 16.6 Å². The van der Waals surface area contributed by atoms with Crippen molar-refractivity contribution in [2.45, 2.75) is 19.4 Å². The van der Waals surface area contributed by atoms with Crippen LogP contribution in [0.15, 0.2) is 23.2 Å². The first-order chi connectivity index (χ1) is 9.10. The Hall–Kier alpha value is -2.11. The number of anilines is 1. The predicted octanol–water partition coefficient (Wildman–Crippen LogP) is 1.81. The van der Waals surface area contributed by atoms with Gasteiger partial charge in [0.25, 0.3) is 6.02 Å². The summed E-state index contributed by atoms with van der Waals surface area (Å²) in [5, 5.41) is 2.49. The Morgan fingerprint density at radius 3 is 3.11 bits per heavy atom. The SMILES string of the molecule is CC1COC(N)=NC(c2cc(NC=O)ccc2F)C1. The van der Waals surface area contributed by atoms with Crippen LogP contribution < -0.4 is 11.1 Å². The number of halogens is 1. The van der Waals surface area contributed by atoms with Gasteiger partial charge in [0.1, 0.15) is 5.82 Å². The minimum absolute atomic E-state index is 0.0718. The highest BCUT2D eigenvalue weighted by molar-refractivity contribution is 5.73. The number of nitrogens with two attached hydrogens (primary N) is 1. The minimum Gasteiger partial charge on any atom is -0.465 e. The van der Waals surface area contributed by atoms with E-state index in [1.54, 1.807) is 6.07 Å². The molecule has 1 aromatic rings. The zero-order valence-corrected chi connectivity index (χ0v) is 10.6. The molecule has 0 bridgehead atoms. The van der Waals surface area contributed by atoms with Crippen molar-refractivity contribution in [3.05, 3.63) is 29.6 Å². The lowest BCUT2D eigenvalue weighted by Crippen LogP contribution is -2.17. The van der Waals surface area contributed by atoms with Crippen LogP contribution >= 0.6 is 0 Å². The molecule has 1 aliphatic rings. The second-order valence-corrected chi connectivity index (χ2v) is 4.63. The predicted molar refractivity (Wildman–Crippen MR) is 70.2 cm³/mol. The Kier molecular flexibility index (Phi) is 3.99. The number of rotatable bonds is 3. The standard InChI is InChI=1S/C13H16FN3O2/c1-8-4-12(17-13(15)19-6-8)10-5-9(16-7-18)2-3-11(10)14/h2-3,5,7-8,12H,4,6H2,1H3,(H2,15,17)(H,16,18). The fourth-order valence-corrected chi connectivity index (χ4v) is 2.07. The number of nitrogens with zero attached hydrogens (tertiary/aromatic N) is 1. The maximum Gasteiger partial charge on any atom is 0.282 e. The Morgan fingerprint density at radius 2 is 2.37 bits per heavy atom. The molecule has 1 heterocycles. The summed E-state index contributed by atoms with van der Waals surface area (Å²) in [6.07, 6.45) is 1.19. The molecule has 6 heteroatoms. The highest BCUT2D eigenvalue weighted by atomic mass is 19.1. The van der Waals surface area contributed by atoms with Crippen molar-refractivity contribution in [1.82, 2.24) is 0 Å². The molecule has 1 amide bonds. The van der Waals surface area contributed by atoms with Crippen molar-refractivity contribution in [3.63, 3.8) is 0 Å². The van der Waals surface area contributed by atoms with Crippen LogP contribution in [0.4, 0.5) is 10.1 Å². The summed E-state index contributed by atoms with van der Waals surface area (Å²) in [5.74, 6) is -0.149. The third kappa shape index (κ3) is 3.21. The van der Waals surface area contributed by atoms with Crippen LogP contribution in [-0.4, -0.2) is 19.0 Å². The summed E-state index contributed by atoms with van der Waals surface area (Å²) < 4.78 is 19.1. The molecular formula is C13H16FN3O2. The van der Waals surface area contributed by atoms with Gasteiger partial charge >= 0.3 is 0 Å². The molecule has 0 aliphatic carbocycles. The Labute approximate surface area is 110 Å². The molecule has 1 aliphatic heterocycles. The number of benzene rings is 1. The normalized spacial score (nSPS) is 22.9. The highest BCUT2D eigenvalue weighted by Crippen LogP contribution is 2.31. The number of ether oxygens (including phenoxy) is 1. The average Bonchev–Trinajstić information content (AvgIpc) is 2.54. The first kappa shape index (κ1) is 13.3. The number of aliphatic imine (C=N–C) groups is 1. The molecule has 0 saturated heterocycles. The molecule has 0 spiro atoms. The second-order valence-electron chi connectivity index (χ2n) is 4.63. The monoisotopic (exact) mass is 265 g/mol. The molecule has 3 N–H and O–H groups in total. The lowest BCUT2D eigenvalue weighted by atomic mass is 9.96. The van der Waals surface area contributed by atoms with Gasteiger partial charge in [0.15, 0.2) is 0 Å². The lowest BCUT2D eigenvalue weighted by molar-refractivity contribution is -0.105. The summed E-state index contributed by atoms with van der Waals surface area (Å²) in [5.41, 5.74) is 6.54. The Bertz CT molecular complexity index is 505. The van der Waals surface area contributed by atoms with Gasteiger partial charge in [0, 0.05) is 11.3 Å². The van der Waals surface area contributed by atoms with Crippen molar-refractivity contribution < 1.29 is 13.9 Å². The van der Waals surface area contributed by atoms with Crippen LogP contribution in [0.2, 0.25) is 0 Å². The van der Waals surface area contributed by atoms with Crippen LogP contribution in [0, 0.1) is 11.7 Å². The zero-order chi connectivity index (χ0) is 13.8. The molecule has 2 rings (SSSR count). The fraction of sp³-hybridized carbons (Fsp3) is 0.385. The van der Waals surface area contributed by atoms with Crippen LogP contribution in [0.1, 0.15) is 24.9 Å². The van der Waals surface area contributed by atoms with Gasteiger partial charge in [-0.15, -0.1) is 0 Å². The van der Waals surface area contributed by atoms with E-state index in [9.17, 15) is 9.18 Å². The molecule has 0 radical (unpaired) electrons. The molecule has 0 aromatic heterocycles. The first-order valence-corrected chi connectivity index (χ1v) is 6.06. The fourth-order valence-electron chi connectivity index (χ4n) is 2.07. The molecule has 2 unspecified atom stereocenters. The van der Waals surface area contributed by atoms with Gasteiger partial charge in [-0.05, 0) is 30.5 Å². The second kappa shape index (κ2) is 5.69. The van der Waals surface area contributed by atoms with E-state index in [2.05, 4.69) is 10.3 Å². The first-order valence-electron chi connectivity index (χ1n) is 6.06. The van der Waals surface area contributed by atoms with Crippen LogP contribution in [0.25, 0.3) is 0 Å². The summed E-state index contributed by atoms with van der Waals surface area (Å²) in [6.45, 7) is 2.46. The number of carbonyl (C=O) groups is 1. The summed E-state index contributed by atoms with van der Waals surface area (Å²) in [7, 11) is 0. The number of carbonyl (C=O) groups excluding carboxylic acids is 1. The third-order valence-corrected chi connectivity index (χ3v) is 3.01. The molecular weight excluding hydrogens is 249 g/mol. The quantitative estimate of drug-likeness (QED) is 0.818. The van der Waals surface area contributed by atoms with Crippen LogP contribution in [0.3, 0.4) is 0 Å². The average molecular weight is 265 g/mol. The van der Waals surface area contributed by atoms with Gasteiger partial charge in [0.2, 0.25) is 6.41 Å². The molecule has 0 saturated carbocycles. The van der Waals surface area contributed by atoms with E-state index in [4.69, 9.17) is 10.5 Å². The van der Waals surface area contributed by atoms with Gasteiger partial charge in [-0.25, -0.2) is 9.38 Å². The number of nitrogens with one attached hydrogen (secondary N) is 1. The van der Waals surface area contributed by atoms with Crippen LogP contribution in [-0.2, 0) is 9.53 Å². The lowest BCUT2D eigenvalue weighted by Gasteiger charge is -2.15. The van der Waals surface area contributed by atoms with Gasteiger partial charge < -0.3 is 15.8 Å². The number of hydrogen-bond donors (Lipinski definition) is 2. The number of hydrogen-bond acceptors (Lipinski definition) is 4. The van der Waals surface area contributed by atoms with Gasteiger partial charge in [-0.1, -0.05) is 6.92 Å². The molecule has 19 heavy (non-hydrogen) atoms. The van der Waals surface area contributed by atoms with Crippen LogP contribution in [0.5, 0.6) is 0 Å². The highest BCUT2D eigenvalue weighted by Gasteiger charge is 2.22. The summed E-state index contributed by atoms with van der Waals surface area (Å²) >= 11 is 0. The van der Waals surface area contributed by atoms with E-state index in [0.29, 0.717) is 30.7 Å². The van der Waals surface area contributed by atoms with E-state index in [-0.39, 0.29) is 17.8 Å². The number of amides is 1. The smallest absolute Gasteiger partial charge is 0.282 e. The summed E-state index contributed by atoms with van der Waals surface area (Å²) in [4.78, 5) is 14.6. The molecule has 0 fully saturated rings. The van der Waals surface area contributed by atoms with Crippen molar-refractivity contribution in [2.75, 3.05) is 11.9 Å². The Balaban J connectivity index is 2.35. The maximum absolute atomic E-state index is 13.9. The molecule has 2 atom stereocenters. The topological polar surface area (TPSA) is 76.7 Å². The van der Waals surface area contributed by atoms with E-state index < -0.39 is 6.04 Å². The van der Waals surface area contributed by atoms with E-state index in [1.165, 1.54) is 12.1 Å². The van der Waals surface area contributed by atoms with E-state index in [1.807, 2.05) is 6.92 Å². The number of amidine groups is 1. The van der Waals surface area contributed by atoms with Gasteiger partial charge in [0.05, 0.1) is 12.6 Å². The third-order valence-electron chi connectivity index (χ3n) is 3.01. The van der Waals surface area contributed by atoms with E-state index in [0.717, 1.165) is 0 Å². The van der Waals surface area contributed by atoms with Crippen molar-refractivity contribution in [3.8, 4) is 0 Å². The van der Waals surface area contributed by atoms with Crippen molar-refractivity contribution in [1.29, 1.82) is 0 Å². The molecule has 1 aromatic carbocycles. The molecule has 5 nitrogen and oxygen atoms in total. The van der Waals surface area contributed by atoms with Gasteiger partial charge in [-0.2, -0.15) is 0 Å². The van der Waals surface area contributed by atoms with E-state index >= 15 is 0 Å².